The van der Waals surface area contributed by atoms with Crippen molar-refractivity contribution in [2.45, 2.75) is 6.61 Å². The molecule has 98 valence electrons. The molecule has 1 aromatic heterocycles. The van der Waals surface area contributed by atoms with Gasteiger partial charge in [0.2, 0.25) is 0 Å². The highest BCUT2D eigenvalue weighted by atomic mass is 35.5. The molecule has 0 radical (unpaired) electrons. The van der Waals surface area contributed by atoms with E-state index in [0.29, 0.717) is 11.3 Å². The number of hydrogen-bond acceptors (Lipinski definition) is 3. The summed E-state index contributed by atoms with van der Waals surface area (Å²) in [5.41, 5.74) is 1.72. The van der Waals surface area contributed by atoms with Gasteiger partial charge in [0.05, 0.1) is 6.61 Å². The van der Waals surface area contributed by atoms with E-state index in [0.717, 1.165) is 5.56 Å². The van der Waals surface area contributed by atoms with Crippen LogP contribution in [0.15, 0.2) is 36.4 Å². The SMILES string of the molecule is O=C(Nc1ccc(CO)cc1)c1cc(Cl)nc(Cl)c1. The number of carbonyl (C=O) groups is 1. The first-order valence-corrected chi connectivity index (χ1v) is 6.18. The Morgan fingerprint density at radius 3 is 2.26 bits per heavy atom. The fourth-order valence-corrected chi connectivity index (χ4v) is 1.95. The van der Waals surface area contributed by atoms with Crippen LogP contribution in [0.3, 0.4) is 0 Å². The summed E-state index contributed by atoms with van der Waals surface area (Å²) < 4.78 is 0. The van der Waals surface area contributed by atoms with Crippen molar-refractivity contribution in [1.82, 2.24) is 4.98 Å². The molecule has 0 aliphatic carbocycles. The molecule has 1 heterocycles. The van der Waals surface area contributed by atoms with E-state index in [2.05, 4.69) is 10.3 Å². The van der Waals surface area contributed by atoms with E-state index in [1.54, 1.807) is 24.3 Å². The topological polar surface area (TPSA) is 62.2 Å². The zero-order chi connectivity index (χ0) is 13.8. The van der Waals surface area contributed by atoms with Crippen LogP contribution >= 0.6 is 23.2 Å². The van der Waals surface area contributed by atoms with Crippen LogP contribution in [-0.2, 0) is 6.61 Å². The molecule has 0 saturated heterocycles. The molecule has 2 rings (SSSR count). The predicted molar refractivity (Wildman–Crippen MR) is 74.6 cm³/mol. The molecule has 0 fully saturated rings. The maximum Gasteiger partial charge on any atom is 0.255 e. The lowest BCUT2D eigenvalue weighted by Crippen LogP contribution is -2.12. The van der Waals surface area contributed by atoms with Gasteiger partial charge in [-0.2, -0.15) is 0 Å². The molecule has 4 nitrogen and oxygen atoms in total. The second-order valence-corrected chi connectivity index (χ2v) is 4.58. The number of rotatable bonds is 3. The zero-order valence-corrected chi connectivity index (χ0v) is 11.2. The fourth-order valence-electron chi connectivity index (χ4n) is 1.49. The van der Waals surface area contributed by atoms with Crippen molar-refractivity contribution in [3.8, 4) is 0 Å². The van der Waals surface area contributed by atoms with Crippen LogP contribution in [0.1, 0.15) is 15.9 Å². The Morgan fingerprint density at radius 1 is 1.16 bits per heavy atom. The normalized spacial score (nSPS) is 10.3. The summed E-state index contributed by atoms with van der Waals surface area (Å²) in [5.74, 6) is -0.331. The van der Waals surface area contributed by atoms with Gasteiger partial charge in [0.15, 0.2) is 0 Å². The van der Waals surface area contributed by atoms with E-state index in [1.165, 1.54) is 12.1 Å². The Bertz CT molecular complexity index is 580. The quantitative estimate of drug-likeness (QED) is 0.856. The molecule has 1 aromatic carbocycles. The smallest absolute Gasteiger partial charge is 0.255 e. The highest BCUT2D eigenvalue weighted by Gasteiger charge is 2.09. The number of pyridine rings is 1. The molecule has 6 heteroatoms. The summed E-state index contributed by atoms with van der Waals surface area (Å²) in [5, 5.41) is 11.9. The Hall–Kier alpha value is -1.62. The second-order valence-electron chi connectivity index (χ2n) is 3.81. The third kappa shape index (κ3) is 3.67. The van der Waals surface area contributed by atoms with Gasteiger partial charge in [0.1, 0.15) is 10.3 Å². The average molecular weight is 297 g/mol. The molecule has 0 saturated carbocycles. The first kappa shape index (κ1) is 13.8. The van der Waals surface area contributed by atoms with Gasteiger partial charge < -0.3 is 10.4 Å². The van der Waals surface area contributed by atoms with Gasteiger partial charge in [-0.05, 0) is 29.8 Å². The molecular weight excluding hydrogens is 287 g/mol. The van der Waals surface area contributed by atoms with Gasteiger partial charge in [0.25, 0.3) is 5.91 Å². The van der Waals surface area contributed by atoms with E-state index in [4.69, 9.17) is 28.3 Å². The lowest BCUT2D eigenvalue weighted by Gasteiger charge is -2.06. The Kier molecular flexibility index (Phi) is 4.37. The number of amides is 1. The van der Waals surface area contributed by atoms with Gasteiger partial charge in [-0.25, -0.2) is 4.98 Å². The van der Waals surface area contributed by atoms with Crippen molar-refractivity contribution in [2.24, 2.45) is 0 Å². The summed E-state index contributed by atoms with van der Waals surface area (Å²) in [6.07, 6.45) is 0. The zero-order valence-electron chi connectivity index (χ0n) is 9.73. The standard InChI is InChI=1S/C13H10Cl2N2O2/c14-11-5-9(6-12(15)17-11)13(19)16-10-3-1-8(7-18)2-4-10/h1-6,18H,7H2,(H,16,19). The molecule has 0 aliphatic heterocycles. The van der Waals surface area contributed by atoms with E-state index in [-0.39, 0.29) is 22.8 Å². The maximum atomic E-state index is 12.0. The number of aliphatic hydroxyl groups excluding tert-OH is 1. The molecule has 0 bridgehead atoms. The number of carbonyl (C=O) groups excluding carboxylic acids is 1. The van der Waals surface area contributed by atoms with E-state index < -0.39 is 0 Å². The molecule has 0 aliphatic rings. The van der Waals surface area contributed by atoms with Crippen molar-refractivity contribution >= 4 is 34.8 Å². The lowest BCUT2D eigenvalue weighted by molar-refractivity contribution is 0.102. The molecule has 2 aromatic rings. The third-order valence-corrected chi connectivity index (χ3v) is 2.81. The van der Waals surface area contributed by atoms with Gasteiger partial charge in [-0.3, -0.25) is 4.79 Å². The molecular formula is C13H10Cl2N2O2. The fraction of sp³-hybridized carbons (Fsp3) is 0.0769. The minimum atomic E-state index is -0.331. The van der Waals surface area contributed by atoms with Crippen molar-refractivity contribution in [1.29, 1.82) is 0 Å². The largest absolute Gasteiger partial charge is 0.392 e. The number of aromatic nitrogens is 1. The van der Waals surface area contributed by atoms with Crippen molar-refractivity contribution < 1.29 is 9.90 Å². The van der Waals surface area contributed by atoms with Crippen LogP contribution < -0.4 is 5.32 Å². The predicted octanol–water partition coefficient (Wildman–Crippen LogP) is 3.13. The maximum absolute atomic E-state index is 12.0. The van der Waals surface area contributed by atoms with Gasteiger partial charge >= 0.3 is 0 Å². The van der Waals surface area contributed by atoms with Gasteiger partial charge in [0, 0.05) is 11.3 Å². The first-order chi connectivity index (χ1) is 9.08. The molecule has 1 amide bonds. The molecule has 0 unspecified atom stereocenters. The van der Waals surface area contributed by atoms with Crippen LogP contribution in [-0.4, -0.2) is 16.0 Å². The first-order valence-electron chi connectivity index (χ1n) is 5.43. The van der Waals surface area contributed by atoms with E-state index >= 15 is 0 Å². The molecule has 0 atom stereocenters. The van der Waals surface area contributed by atoms with Crippen LogP contribution in [0.5, 0.6) is 0 Å². The second kappa shape index (κ2) is 6.02. The van der Waals surface area contributed by atoms with Crippen molar-refractivity contribution in [2.75, 3.05) is 5.32 Å². The van der Waals surface area contributed by atoms with Crippen molar-refractivity contribution in [3.05, 3.63) is 57.8 Å². The minimum absolute atomic E-state index is 0.0379. The van der Waals surface area contributed by atoms with E-state index in [1.807, 2.05) is 0 Å². The number of hydrogen-bond donors (Lipinski definition) is 2. The molecule has 0 spiro atoms. The third-order valence-electron chi connectivity index (χ3n) is 2.42. The Morgan fingerprint density at radius 2 is 1.74 bits per heavy atom. The van der Waals surface area contributed by atoms with Gasteiger partial charge in [-0.1, -0.05) is 35.3 Å². The number of nitrogens with zero attached hydrogens (tertiary/aromatic N) is 1. The van der Waals surface area contributed by atoms with Crippen molar-refractivity contribution in [3.63, 3.8) is 0 Å². The summed E-state index contributed by atoms with van der Waals surface area (Å²) >= 11 is 11.5. The number of aliphatic hydroxyl groups is 1. The lowest BCUT2D eigenvalue weighted by atomic mass is 10.2. The summed E-state index contributed by atoms with van der Waals surface area (Å²) in [7, 11) is 0. The molecule has 19 heavy (non-hydrogen) atoms. The number of nitrogens with one attached hydrogen (secondary N) is 1. The highest BCUT2D eigenvalue weighted by Crippen LogP contribution is 2.16. The minimum Gasteiger partial charge on any atom is -0.392 e. The Labute approximate surface area is 120 Å². The van der Waals surface area contributed by atoms with E-state index in [9.17, 15) is 4.79 Å². The summed E-state index contributed by atoms with van der Waals surface area (Å²) in [6.45, 7) is -0.0379. The summed E-state index contributed by atoms with van der Waals surface area (Å²) in [6, 6.07) is 9.72. The average Bonchev–Trinajstić information content (AvgIpc) is 2.38. The molecule has 2 N–H and O–H groups in total. The van der Waals surface area contributed by atoms with Gasteiger partial charge in [-0.15, -0.1) is 0 Å². The number of anilines is 1. The number of halogens is 2. The van der Waals surface area contributed by atoms with Crippen LogP contribution in [0.2, 0.25) is 10.3 Å². The Balaban J connectivity index is 2.15. The monoisotopic (exact) mass is 296 g/mol. The van der Waals surface area contributed by atoms with Crippen LogP contribution in [0.4, 0.5) is 5.69 Å². The van der Waals surface area contributed by atoms with Crippen LogP contribution in [0.25, 0.3) is 0 Å². The van der Waals surface area contributed by atoms with Crippen LogP contribution in [0, 0.1) is 0 Å². The number of benzene rings is 1. The summed E-state index contributed by atoms with van der Waals surface area (Å²) in [4.78, 5) is 15.7. The highest BCUT2D eigenvalue weighted by molar-refractivity contribution is 6.33.